The van der Waals surface area contributed by atoms with E-state index in [0.29, 0.717) is 6.61 Å². The second-order valence-corrected chi connectivity index (χ2v) is 7.21. The minimum absolute atomic E-state index is 0.0376. The highest BCUT2D eigenvalue weighted by Gasteiger charge is 2.24. The molecule has 2 heterocycles. The average Bonchev–Trinajstić information content (AvgIpc) is 2.69. The minimum atomic E-state index is -1.26. The number of fused-ring (bicyclic) bond motifs is 1. The molecule has 5 heteroatoms. The number of nitrogens with zero attached hydrogens (tertiary/aromatic N) is 1. The van der Waals surface area contributed by atoms with Crippen LogP contribution in [0.1, 0.15) is 5.56 Å². The van der Waals surface area contributed by atoms with E-state index in [1.54, 1.807) is 12.4 Å². The van der Waals surface area contributed by atoms with Gasteiger partial charge in [-0.15, -0.1) is 4.72 Å². The molecule has 126 valence electrons. The summed E-state index contributed by atoms with van der Waals surface area (Å²) in [5.41, 5.74) is 3.33. The van der Waals surface area contributed by atoms with E-state index in [1.807, 2.05) is 54.6 Å². The van der Waals surface area contributed by atoms with Crippen LogP contribution in [0.25, 0.3) is 11.1 Å². The molecule has 4 nitrogen and oxygen atoms in total. The molecular weight excluding hydrogens is 332 g/mol. The molecule has 25 heavy (non-hydrogen) atoms. The molecule has 2 atom stereocenters. The van der Waals surface area contributed by atoms with Crippen molar-refractivity contribution in [2.75, 3.05) is 6.61 Å². The molecule has 1 aliphatic rings. The highest BCUT2D eigenvalue weighted by atomic mass is 32.2. The Morgan fingerprint density at radius 3 is 2.48 bits per heavy atom. The summed E-state index contributed by atoms with van der Waals surface area (Å²) in [5.74, 6) is 0.924. The fourth-order valence-electron chi connectivity index (χ4n) is 2.94. The van der Waals surface area contributed by atoms with Crippen molar-refractivity contribution < 1.29 is 9.29 Å². The standard InChI is InChI=1S/C20H18N2O2S/c23-25(22-18-13-17-3-1-2-4-20(17)24-14-18)19-7-5-15(6-8-19)16-9-11-21-12-10-16/h1-12,18,22H,13-14H2. The monoisotopic (exact) mass is 350 g/mol. The maximum atomic E-state index is 12.6. The van der Waals surface area contributed by atoms with Gasteiger partial charge in [0.15, 0.2) is 4.90 Å². The molecule has 0 fully saturated rings. The van der Waals surface area contributed by atoms with Crippen molar-refractivity contribution in [3.63, 3.8) is 0 Å². The first kappa shape index (κ1) is 16.1. The van der Waals surface area contributed by atoms with Crippen molar-refractivity contribution in [3.8, 4) is 16.9 Å². The number of aromatic nitrogens is 1. The predicted molar refractivity (Wildman–Crippen MR) is 98.6 cm³/mol. The molecule has 0 saturated carbocycles. The number of rotatable bonds is 4. The van der Waals surface area contributed by atoms with Crippen molar-refractivity contribution in [2.24, 2.45) is 0 Å². The number of hydrogen-bond acceptors (Lipinski definition) is 4. The lowest BCUT2D eigenvalue weighted by atomic mass is 10.0. The van der Waals surface area contributed by atoms with Gasteiger partial charge in [-0.05, 0) is 65.6 Å². The van der Waals surface area contributed by atoms with Gasteiger partial charge in [0, 0.05) is 12.4 Å². The van der Waals surface area contributed by atoms with E-state index in [0.717, 1.165) is 33.8 Å². The molecule has 0 radical (unpaired) electrons. The van der Waals surface area contributed by atoms with Crippen LogP contribution in [0, 0.1) is 0 Å². The van der Waals surface area contributed by atoms with Gasteiger partial charge in [-0.25, -0.2) is 0 Å². The van der Waals surface area contributed by atoms with E-state index in [1.165, 1.54) is 0 Å². The minimum Gasteiger partial charge on any atom is -0.593 e. The van der Waals surface area contributed by atoms with Crippen LogP contribution in [0.2, 0.25) is 0 Å². The number of hydrogen-bond donors (Lipinski definition) is 1. The summed E-state index contributed by atoms with van der Waals surface area (Å²) >= 11 is -1.26. The number of nitrogens with one attached hydrogen (secondary N) is 1. The topological polar surface area (TPSA) is 57.2 Å². The Labute approximate surface area is 150 Å². The molecule has 0 spiro atoms. The van der Waals surface area contributed by atoms with Crippen LogP contribution in [0.4, 0.5) is 0 Å². The van der Waals surface area contributed by atoms with Gasteiger partial charge in [0.25, 0.3) is 0 Å². The van der Waals surface area contributed by atoms with Gasteiger partial charge in [0.1, 0.15) is 12.4 Å². The van der Waals surface area contributed by atoms with E-state index in [-0.39, 0.29) is 6.04 Å². The highest BCUT2D eigenvalue weighted by molar-refractivity contribution is 7.89. The molecule has 1 aromatic heterocycles. The Bertz CT molecular complexity index is 840. The van der Waals surface area contributed by atoms with Gasteiger partial charge >= 0.3 is 0 Å². The van der Waals surface area contributed by atoms with Crippen LogP contribution in [0.3, 0.4) is 0 Å². The molecule has 0 saturated heterocycles. The summed E-state index contributed by atoms with van der Waals surface area (Å²) < 4.78 is 21.5. The maximum Gasteiger partial charge on any atom is 0.173 e. The zero-order valence-corrected chi connectivity index (χ0v) is 14.4. The molecule has 4 rings (SSSR count). The molecule has 2 aromatic carbocycles. The summed E-state index contributed by atoms with van der Waals surface area (Å²) in [6.45, 7) is 0.526. The van der Waals surface area contributed by atoms with Crippen molar-refractivity contribution in [1.82, 2.24) is 9.71 Å². The predicted octanol–water partition coefficient (Wildman–Crippen LogP) is 3.36. The Hall–Kier alpha value is -2.34. The third-order valence-corrected chi connectivity index (χ3v) is 5.48. The van der Waals surface area contributed by atoms with Gasteiger partial charge in [0.2, 0.25) is 0 Å². The van der Waals surface area contributed by atoms with E-state index in [9.17, 15) is 4.55 Å². The van der Waals surface area contributed by atoms with E-state index < -0.39 is 11.4 Å². The van der Waals surface area contributed by atoms with Crippen molar-refractivity contribution in [1.29, 1.82) is 0 Å². The Morgan fingerprint density at radius 1 is 0.960 bits per heavy atom. The van der Waals surface area contributed by atoms with Crippen LogP contribution in [-0.4, -0.2) is 22.2 Å². The summed E-state index contributed by atoms with van der Waals surface area (Å²) in [6, 6.07) is 19.7. The maximum absolute atomic E-state index is 12.6. The third kappa shape index (κ3) is 3.69. The smallest absolute Gasteiger partial charge is 0.173 e. The summed E-state index contributed by atoms with van der Waals surface area (Å²) in [5, 5.41) is 0. The quantitative estimate of drug-likeness (QED) is 0.733. The van der Waals surface area contributed by atoms with E-state index in [2.05, 4.69) is 15.8 Å². The molecule has 3 aromatic rings. The molecule has 1 aliphatic heterocycles. The Balaban J connectivity index is 1.42. The second kappa shape index (κ2) is 7.27. The van der Waals surface area contributed by atoms with E-state index >= 15 is 0 Å². The lowest BCUT2D eigenvalue weighted by molar-refractivity contribution is 0.254. The fraction of sp³-hybridized carbons (Fsp3) is 0.150. The summed E-state index contributed by atoms with van der Waals surface area (Å²) in [6.07, 6.45) is 4.35. The van der Waals surface area contributed by atoms with Crippen LogP contribution in [0.15, 0.2) is 78.0 Å². The highest BCUT2D eigenvalue weighted by Crippen LogP contribution is 2.25. The molecule has 1 N–H and O–H groups in total. The first-order valence-electron chi connectivity index (χ1n) is 8.19. The van der Waals surface area contributed by atoms with Gasteiger partial charge in [-0.1, -0.05) is 18.2 Å². The normalized spacial score (nSPS) is 17.4. The first-order valence-corrected chi connectivity index (χ1v) is 9.34. The zero-order valence-electron chi connectivity index (χ0n) is 13.6. The summed E-state index contributed by atoms with van der Waals surface area (Å²) in [7, 11) is 0. The fourth-order valence-corrected chi connectivity index (χ4v) is 3.91. The van der Waals surface area contributed by atoms with Crippen LogP contribution < -0.4 is 9.46 Å². The molecule has 0 bridgehead atoms. The third-order valence-electron chi connectivity index (χ3n) is 4.23. The van der Waals surface area contributed by atoms with E-state index in [4.69, 9.17) is 4.74 Å². The number of ether oxygens (including phenoxy) is 1. The SMILES string of the molecule is [O-][S+](NC1COc2ccccc2C1)c1ccc(-c2ccncc2)cc1. The summed E-state index contributed by atoms with van der Waals surface area (Å²) in [4.78, 5) is 4.79. The van der Waals surface area contributed by atoms with Crippen LogP contribution >= 0.6 is 0 Å². The van der Waals surface area contributed by atoms with Crippen LogP contribution in [-0.2, 0) is 17.8 Å². The van der Waals surface area contributed by atoms with Gasteiger partial charge < -0.3 is 9.29 Å². The molecule has 0 aliphatic carbocycles. The largest absolute Gasteiger partial charge is 0.593 e. The first-order chi connectivity index (χ1) is 12.3. The number of pyridine rings is 1. The molecule has 0 amide bonds. The lowest BCUT2D eigenvalue weighted by Gasteiger charge is -2.26. The molecular formula is C20H18N2O2S. The Kier molecular flexibility index (Phi) is 4.70. The lowest BCUT2D eigenvalue weighted by Crippen LogP contribution is -2.42. The zero-order chi connectivity index (χ0) is 17.1. The van der Waals surface area contributed by atoms with Crippen molar-refractivity contribution in [3.05, 3.63) is 78.6 Å². The van der Waals surface area contributed by atoms with Gasteiger partial charge in [-0.2, -0.15) is 0 Å². The van der Waals surface area contributed by atoms with Gasteiger partial charge in [-0.3, -0.25) is 4.98 Å². The second-order valence-electron chi connectivity index (χ2n) is 5.97. The van der Waals surface area contributed by atoms with Crippen molar-refractivity contribution in [2.45, 2.75) is 17.4 Å². The van der Waals surface area contributed by atoms with Crippen molar-refractivity contribution >= 4 is 11.4 Å². The molecule has 2 unspecified atom stereocenters. The number of para-hydroxylation sites is 1. The number of benzene rings is 2. The van der Waals surface area contributed by atoms with Crippen LogP contribution in [0.5, 0.6) is 5.75 Å². The van der Waals surface area contributed by atoms with Gasteiger partial charge in [0.05, 0.1) is 17.4 Å². The average molecular weight is 350 g/mol. The Morgan fingerprint density at radius 2 is 1.68 bits per heavy atom.